The van der Waals surface area contributed by atoms with Gasteiger partial charge in [0.1, 0.15) is 15.6 Å². The van der Waals surface area contributed by atoms with Gasteiger partial charge in [0.15, 0.2) is 0 Å². The van der Waals surface area contributed by atoms with Crippen molar-refractivity contribution in [3.8, 4) is 5.75 Å². The fourth-order valence-corrected chi connectivity index (χ4v) is 4.05. The van der Waals surface area contributed by atoms with Crippen LogP contribution in [0.2, 0.25) is 10.0 Å². The zero-order chi connectivity index (χ0) is 18.3. The highest BCUT2D eigenvalue weighted by Crippen LogP contribution is 2.35. The SMILES string of the molecule is COc1ccc2cc3cc(C(=O)Nc4ccccc4Cl)sc3nc2c1Cl. The van der Waals surface area contributed by atoms with E-state index in [4.69, 9.17) is 27.9 Å². The van der Waals surface area contributed by atoms with Gasteiger partial charge in [-0.2, -0.15) is 0 Å². The van der Waals surface area contributed by atoms with Crippen molar-refractivity contribution in [2.45, 2.75) is 0 Å². The maximum atomic E-state index is 12.6. The van der Waals surface area contributed by atoms with Crippen LogP contribution in [0.5, 0.6) is 5.75 Å². The molecule has 0 aliphatic rings. The van der Waals surface area contributed by atoms with Crippen LogP contribution in [0.15, 0.2) is 48.5 Å². The number of ether oxygens (including phenoxy) is 1. The molecule has 130 valence electrons. The highest BCUT2D eigenvalue weighted by Gasteiger charge is 2.15. The summed E-state index contributed by atoms with van der Waals surface area (Å²) in [5.41, 5.74) is 1.22. The van der Waals surface area contributed by atoms with Crippen molar-refractivity contribution >= 4 is 67.3 Å². The Hall–Kier alpha value is -2.34. The second kappa shape index (κ2) is 6.76. The molecule has 1 amide bonds. The summed E-state index contributed by atoms with van der Waals surface area (Å²) in [6, 6.07) is 14.6. The number of fused-ring (bicyclic) bond motifs is 2. The molecular formula is C19H12Cl2N2O2S. The van der Waals surface area contributed by atoms with Gasteiger partial charge in [0, 0.05) is 10.8 Å². The number of halogens is 2. The number of para-hydroxylation sites is 1. The number of nitrogens with zero attached hydrogens (tertiary/aromatic N) is 1. The third kappa shape index (κ3) is 2.98. The molecule has 0 spiro atoms. The minimum atomic E-state index is -0.228. The summed E-state index contributed by atoms with van der Waals surface area (Å²) in [4.78, 5) is 18.5. The van der Waals surface area contributed by atoms with Crippen molar-refractivity contribution in [1.82, 2.24) is 4.98 Å². The van der Waals surface area contributed by atoms with E-state index in [0.717, 1.165) is 15.6 Å². The lowest BCUT2D eigenvalue weighted by Gasteiger charge is -2.05. The van der Waals surface area contributed by atoms with E-state index in [9.17, 15) is 4.79 Å². The van der Waals surface area contributed by atoms with Gasteiger partial charge < -0.3 is 10.1 Å². The Kier molecular flexibility index (Phi) is 4.44. The lowest BCUT2D eigenvalue weighted by Crippen LogP contribution is -2.10. The molecule has 4 rings (SSSR count). The zero-order valence-electron chi connectivity index (χ0n) is 13.5. The summed E-state index contributed by atoms with van der Waals surface area (Å²) in [5, 5.41) is 5.55. The van der Waals surface area contributed by atoms with Crippen LogP contribution in [0.3, 0.4) is 0 Å². The standard InChI is InChI=1S/C19H12Cl2N2O2S/c1-25-14-7-6-10-8-11-9-15(26-19(11)23-17(10)16(14)21)18(24)22-13-5-3-2-4-12(13)20/h2-9H,1H3,(H,22,24). The molecule has 0 bridgehead atoms. The van der Waals surface area contributed by atoms with Crippen molar-refractivity contribution in [2.75, 3.05) is 12.4 Å². The fraction of sp³-hybridized carbons (Fsp3) is 0.0526. The minimum absolute atomic E-state index is 0.228. The van der Waals surface area contributed by atoms with Crippen LogP contribution in [0.1, 0.15) is 9.67 Å². The molecule has 0 atom stereocenters. The van der Waals surface area contributed by atoms with E-state index in [1.165, 1.54) is 11.3 Å². The lowest BCUT2D eigenvalue weighted by atomic mass is 10.2. The summed E-state index contributed by atoms with van der Waals surface area (Å²) in [5.74, 6) is 0.341. The fourth-order valence-electron chi connectivity index (χ4n) is 2.66. The average molecular weight is 403 g/mol. The van der Waals surface area contributed by atoms with Crippen LogP contribution in [0.25, 0.3) is 21.1 Å². The summed E-state index contributed by atoms with van der Waals surface area (Å²) in [6.07, 6.45) is 0. The first-order valence-electron chi connectivity index (χ1n) is 7.69. The molecule has 2 aromatic carbocycles. The summed E-state index contributed by atoms with van der Waals surface area (Å²) in [7, 11) is 1.56. The third-order valence-corrected chi connectivity index (χ3v) is 5.68. The van der Waals surface area contributed by atoms with E-state index in [0.29, 0.717) is 31.9 Å². The van der Waals surface area contributed by atoms with Crippen LogP contribution in [-0.2, 0) is 0 Å². The van der Waals surface area contributed by atoms with Crippen LogP contribution < -0.4 is 10.1 Å². The molecular weight excluding hydrogens is 391 g/mol. The van der Waals surface area contributed by atoms with E-state index in [1.807, 2.05) is 30.3 Å². The number of benzene rings is 2. The molecule has 26 heavy (non-hydrogen) atoms. The molecule has 0 radical (unpaired) electrons. The second-order valence-corrected chi connectivity index (χ2v) is 7.40. The number of anilines is 1. The molecule has 0 aliphatic heterocycles. The Balaban J connectivity index is 1.75. The highest BCUT2D eigenvalue weighted by atomic mass is 35.5. The Labute approximate surface area is 163 Å². The largest absolute Gasteiger partial charge is 0.495 e. The van der Waals surface area contributed by atoms with Gasteiger partial charge in [0.2, 0.25) is 0 Å². The van der Waals surface area contributed by atoms with Gasteiger partial charge in [0.05, 0.1) is 28.2 Å². The molecule has 0 aliphatic carbocycles. The summed E-state index contributed by atoms with van der Waals surface area (Å²) in [6.45, 7) is 0. The maximum Gasteiger partial charge on any atom is 0.265 e. The van der Waals surface area contributed by atoms with Gasteiger partial charge in [-0.25, -0.2) is 4.98 Å². The maximum absolute atomic E-state index is 12.6. The molecule has 4 nitrogen and oxygen atoms in total. The first-order valence-corrected chi connectivity index (χ1v) is 9.27. The van der Waals surface area contributed by atoms with Crippen molar-refractivity contribution < 1.29 is 9.53 Å². The Morgan fingerprint density at radius 2 is 1.92 bits per heavy atom. The van der Waals surface area contributed by atoms with Gasteiger partial charge in [-0.05, 0) is 36.4 Å². The Bertz CT molecular complexity index is 1160. The molecule has 0 saturated heterocycles. The van der Waals surface area contributed by atoms with Gasteiger partial charge in [-0.1, -0.05) is 35.3 Å². The van der Waals surface area contributed by atoms with E-state index >= 15 is 0 Å². The molecule has 1 N–H and O–H groups in total. The normalized spacial score (nSPS) is 11.0. The van der Waals surface area contributed by atoms with Crippen LogP contribution in [0, 0.1) is 0 Å². The average Bonchev–Trinajstić information content (AvgIpc) is 3.06. The summed E-state index contributed by atoms with van der Waals surface area (Å²) >= 11 is 13.8. The van der Waals surface area contributed by atoms with Crippen molar-refractivity contribution in [1.29, 1.82) is 0 Å². The predicted octanol–water partition coefficient (Wildman–Crippen LogP) is 6.02. The van der Waals surface area contributed by atoms with Crippen molar-refractivity contribution in [2.24, 2.45) is 0 Å². The number of rotatable bonds is 3. The Morgan fingerprint density at radius 3 is 2.69 bits per heavy atom. The second-order valence-electron chi connectivity index (χ2n) is 5.58. The van der Waals surface area contributed by atoms with E-state index in [2.05, 4.69) is 10.3 Å². The number of aromatic nitrogens is 1. The number of carbonyl (C=O) groups excluding carboxylic acids is 1. The monoisotopic (exact) mass is 402 g/mol. The van der Waals surface area contributed by atoms with Gasteiger partial charge in [-0.3, -0.25) is 4.79 Å². The summed E-state index contributed by atoms with van der Waals surface area (Å²) < 4.78 is 5.24. The first kappa shape index (κ1) is 17.1. The van der Waals surface area contributed by atoms with Crippen molar-refractivity contribution in [3.05, 3.63) is 63.5 Å². The topological polar surface area (TPSA) is 51.2 Å². The van der Waals surface area contributed by atoms with Crippen molar-refractivity contribution in [3.63, 3.8) is 0 Å². The Morgan fingerprint density at radius 1 is 1.12 bits per heavy atom. The number of pyridine rings is 1. The van der Waals surface area contributed by atoms with Gasteiger partial charge in [0.25, 0.3) is 5.91 Å². The number of nitrogens with one attached hydrogen (secondary N) is 1. The number of hydrogen-bond acceptors (Lipinski definition) is 4. The van der Waals surface area contributed by atoms with E-state index < -0.39 is 0 Å². The molecule has 4 aromatic rings. The number of hydrogen-bond donors (Lipinski definition) is 1. The lowest BCUT2D eigenvalue weighted by molar-refractivity contribution is 0.103. The molecule has 0 fully saturated rings. The zero-order valence-corrected chi connectivity index (χ0v) is 15.9. The smallest absolute Gasteiger partial charge is 0.265 e. The predicted molar refractivity (Wildman–Crippen MR) is 108 cm³/mol. The van der Waals surface area contributed by atoms with E-state index in [-0.39, 0.29) is 5.91 Å². The first-order chi connectivity index (χ1) is 12.6. The number of carbonyl (C=O) groups is 1. The molecule has 7 heteroatoms. The van der Waals surface area contributed by atoms with Gasteiger partial charge >= 0.3 is 0 Å². The van der Waals surface area contributed by atoms with Crippen LogP contribution >= 0.6 is 34.5 Å². The van der Waals surface area contributed by atoms with E-state index in [1.54, 1.807) is 25.3 Å². The highest BCUT2D eigenvalue weighted by molar-refractivity contribution is 7.20. The van der Waals surface area contributed by atoms with Gasteiger partial charge in [-0.15, -0.1) is 11.3 Å². The third-order valence-electron chi connectivity index (χ3n) is 3.94. The molecule has 2 aromatic heterocycles. The van der Waals surface area contributed by atoms with Crippen LogP contribution in [0.4, 0.5) is 5.69 Å². The quantitative estimate of drug-likeness (QED) is 0.455. The number of methoxy groups -OCH3 is 1. The number of thiophene rings is 1. The minimum Gasteiger partial charge on any atom is -0.495 e. The molecule has 0 unspecified atom stereocenters. The molecule has 2 heterocycles. The van der Waals surface area contributed by atoms with Crippen LogP contribution in [-0.4, -0.2) is 18.0 Å². The molecule has 0 saturated carbocycles. The number of amides is 1.